The lowest BCUT2D eigenvalue weighted by molar-refractivity contribution is -0.0622. The molecule has 122 valence electrons. The summed E-state index contributed by atoms with van der Waals surface area (Å²) in [6.07, 6.45) is -2.48. The van der Waals surface area contributed by atoms with E-state index in [1.165, 1.54) is 0 Å². The molecule has 7 nitrogen and oxygen atoms in total. The van der Waals surface area contributed by atoms with Crippen LogP contribution in [0.3, 0.4) is 0 Å². The Kier molecular flexibility index (Phi) is 6.25. The average molecular weight is 338 g/mol. The van der Waals surface area contributed by atoms with E-state index in [1.807, 2.05) is 5.92 Å². The van der Waals surface area contributed by atoms with Gasteiger partial charge in [0.2, 0.25) is 5.00 Å². The molecule has 0 fully saturated rings. The Morgan fingerprint density at radius 1 is 1.68 bits per heavy atom. The van der Waals surface area contributed by atoms with E-state index in [0.717, 1.165) is 7.11 Å². The van der Waals surface area contributed by atoms with Crippen LogP contribution in [0.15, 0.2) is 11.0 Å². The third kappa shape index (κ3) is 3.53. The molecule has 0 aliphatic rings. The molecular weight excluding hydrogens is 324 g/mol. The zero-order valence-electron chi connectivity index (χ0n) is 11.5. The number of alkyl halides is 2. The van der Waals surface area contributed by atoms with Crippen molar-refractivity contribution in [3.63, 3.8) is 0 Å². The van der Waals surface area contributed by atoms with Crippen molar-refractivity contribution >= 4 is 17.4 Å². The van der Waals surface area contributed by atoms with Crippen LogP contribution in [0.2, 0.25) is 0 Å². The summed E-state index contributed by atoms with van der Waals surface area (Å²) in [7, 11) is 1.16. The number of halogens is 3. The third-order valence-corrected chi connectivity index (χ3v) is 3.32. The van der Waals surface area contributed by atoms with Crippen LogP contribution >= 0.6 is 11.6 Å². The van der Waals surface area contributed by atoms with Gasteiger partial charge in [-0.25, -0.2) is 13.6 Å². The molecule has 4 N–H and O–H groups in total. The molecule has 0 amide bonds. The number of aliphatic hydroxyl groups is 2. The first-order valence-electron chi connectivity index (χ1n) is 5.93. The molecule has 1 heterocycles. The summed E-state index contributed by atoms with van der Waals surface area (Å²) in [6.45, 7) is -1.80. The van der Waals surface area contributed by atoms with Crippen molar-refractivity contribution < 1.29 is 23.7 Å². The molecule has 0 saturated heterocycles. The predicted octanol–water partition coefficient (Wildman–Crippen LogP) is -0.803. The van der Waals surface area contributed by atoms with E-state index in [0.29, 0.717) is 10.8 Å². The zero-order valence-corrected chi connectivity index (χ0v) is 12.2. The van der Waals surface area contributed by atoms with E-state index in [4.69, 9.17) is 27.2 Å². The fourth-order valence-electron chi connectivity index (χ4n) is 1.66. The Morgan fingerprint density at radius 2 is 2.32 bits per heavy atom. The van der Waals surface area contributed by atoms with Gasteiger partial charge in [0.1, 0.15) is 18.9 Å². The summed E-state index contributed by atoms with van der Waals surface area (Å²) in [4.78, 5) is 12.7. The highest BCUT2D eigenvalue weighted by atomic mass is 35.5. The minimum Gasteiger partial charge on any atom is -0.394 e. The summed E-state index contributed by atoms with van der Waals surface area (Å²) in [5.41, 5.74) is 4.04. The molecule has 0 aliphatic carbocycles. The van der Waals surface area contributed by atoms with Crippen molar-refractivity contribution in [3.05, 3.63) is 22.5 Å². The molecule has 1 aromatic heterocycles. The highest BCUT2D eigenvalue weighted by Gasteiger charge is 2.42. The number of aromatic nitrogens is 2. The van der Waals surface area contributed by atoms with Gasteiger partial charge in [-0.15, -0.1) is 0 Å². The number of aliphatic hydroxyl groups excluding tert-OH is 2. The van der Waals surface area contributed by atoms with Gasteiger partial charge in [-0.05, 0) is 0 Å². The average Bonchev–Trinajstić information content (AvgIpc) is 2.49. The molecule has 0 saturated carbocycles. The summed E-state index contributed by atoms with van der Waals surface area (Å²) < 4.78 is 31.1. The van der Waals surface area contributed by atoms with Crippen molar-refractivity contribution in [1.82, 2.24) is 9.55 Å². The van der Waals surface area contributed by atoms with Crippen molar-refractivity contribution in [3.8, 4) is 11.8 Å². The maximum Gasteiger partial charge on any atom is 0.352 e. The monoisotopic (exact) mass is 337 g/mol. The fraction of sp³-hybridized carbons (Fsp3) is 0.500. The van der Waals surface area contributed by atoms with Crippen molar-refractivity contribution in [1.29, 1.82) is 0 Å². The summed E-state index contributed by atoms with van der Waals surface area (Å²) >= 11 is 6.11. The fourth-order valence-corrected chi connectivity index (χ4v) is 1.99. The van der Waals surface area contributed by atoms with Crippen LogP contribution in [0.4, 0.5) is 14.6 Å². The summed E-state index contributed by atoms with van der Waals surface area (Å²) in [6, 6.07) is 0. The number of nitrogen functional groups attached to an aromatic ring is 1. The number of anilines is 1. The number of nitrogens with two attached hydrogens (primary N) is 1. The number of rotatable bonds is 5. The van der Waals surface area contributed by atoms with Crippen LogP contribution in [-0.4, -0.2) is 52.4 Å². The second kappa shape index (κ2) is 7.51. The van der Waals surface area contributed by atoms with Crippen LogP contribution in [0.1, 0.15) is 0 Å². The maximum absolute atomic E-state index is 13.5. The Balaban J connectivity index is 3.53. The van der Waals surface area contributed by atoms with Gasteiger partial charge >= 0.3 is 5.69 Å². The smallest absolute Gasteiger partial charge is 0.352 e. The molecule has 1 rings (SSSR count). The third-order valence-electron chi connectivity index (χ3n) is 2.82. The van der Waals surface area contributed by atoms with Crippen LogP contribution in [-0.2, 0) is 9.73 Å². The van der Waals surface area contributed by atoms with Gasteiger partial charge in [-0.1, -0.05) is 23.4 Å². The minimum atomic E-state index is -2.31. The second-order valence-corrected chi connectivity index (χ2v) is 4.71. The number of nitrogens with zero attached hydrogens (tertiary/aromatic N) is 2. The van der Waals surface area contributed by atoms with Gasteiger partial charge in [0.25, 0.3) is 0 Å². The van der Waals surface area contributed by atoms with E-state index >= 15 is 0 Å². The molecule has 0 bridgehead atoms. The molecule has 0 radical (unpaired) electrons. The van der Waals surface area contributed by atoms with Crippen molar-refractivity contribution in [2.24, 2.45) is 0 Å². The summed E-state index contributed by atoms with van der Waals surface area (Å²) in [5, 5.41) is 19.3. The number of hydrogen-bond donors (Lipinski definition) is 3. The van der Waals surface area contributed by atoms with E-state index in [1.54, 1.807) is 0 Å². The highest BCUT2D eigenvalue weighted by molar-refractivity contribution is 6.24. The van der Waals surface area contributed by atoms with Gasteiger partial charge in [0, 0.05) is 7.11 Å². The first kappa shape index (κ1) is 18.3. The Bertz CT molecular complexity index is 641. The lowest BCUT2D eigenvalue weighted by atomic mass is 10.0. The molecule has 10 heteroatoms. The quantitative estimate of drug-likeness (QED) is 0.479. The van der Waals surface area contributed by atoms with Gasteiger partial charge in [-0.3, -0.25) is 4.57 Å². The van der Waals surface area contributed by atoms with Crippen LogP contribution in [0.5, 0.6) is 0 Å². The standard InChI is InChI=1S/C12H14ClF2N3O4/c1-22-8(6-19)9(20)12(13,3-2-4-14)18-5-7(15)10(16)17-11(18)21/h5,8-9,19-20H,4,6H2,1H3,(H2,16,17,21)/t8?,9?,12-/m0/s1. The SMILES string of the molecule is COC(CO)C(O)[C@](Cl)(C#CCF)n1cc(F)c(N)nc1=O. The van der Waals surface area contributed by atoms with E-state index in [2.05, 4.69) is 10.9 Å². The Hall–Kier alpha value is -1.73. The molecule has 22 heavy (non-hydrogen) atoms. The van der Waals surface area contributed by atoms with Crippen LogP contribution < -0.4 is 11.4 Å². The minimum absolute atomic E-state index is 0.454. The Morgan fingerprint density at radius 3 is 2.82 bits per heavy atom. The van der Waals surface area contributed by atoms with Crippen molar-refractivity contribution in [2.75, 3.05) is 26.1 Å². The predicted molar refractivity (Wildman–Crippen MR) is 74.3 cm³/mol. The number of ether oxygens (including phenoxy) is 1. The first-order chi connectivity index (χ1) is 10.3. The molecule has 0 aromatic carbocycles. The maximum atomic E-state index is 13.5. The molecule has 3 atom stereocenters. The molecular formula is C12H14ClF2N3O4. The molecule has 1 aromatic rings. The second-order valence-electron chi connectivity index (χ2n) is 4.14. The van der Waals surface area contributed by atoms with Gasteiger partial charge < -0.3 is 20.7 Å². The van der Waals surface area contributed by atoms with Crippen LogP contribution in [0.25, 0.3) is 0 Å². The molecule has 2 unspecified atom stereocenters. The van der Waals surface area contributed by atoms with Gasteiger partial charge in [0.15, 0.2) is 11.6 Å². The highest BCUT2D eigenvalue weighted by Crippen LogP contribution is 2.28. The number of hydrogen-bond acceptors (Lipinski definition) is 6. The van der Waals surface area contributed by atoms with Gasteiger partial charge in [-0.2, -0.15) is 4.98 Å². The normalized spacial score (nSPS) is 16.3. The van der Waals surface area contributed by atoms with E-state index in [9.17, 15) is 18.7 Å². The summed E-state index contributed by atoms with van der Waals surface area (Å²) in [5.74, 6) is 2.30. The zero-order chi connectivity index (χ0) is 16.9. The Labute approximate surface area is 129 Å². The molecule has 0 spiro atoms. The largest absolute Gasteiger partial charge is 0.394 e. The lowest BCUT2D eigenvalue weighted by Crippen LogP contribution is -2.52. The number of methoxy groups -OCH3 is 1. The van der Waals surface area contributed by atoms with Gasteiger partial charge in [0.05, 0.1) is 12.8 Å². The lowest BCUT2D eigenvalue weighted by Gasteiger charge is -2.32. The topological polar surface area (TPSA) is 111 Å². The van der Waals surface area contributed by atoms with E-state index in [-0.39, 0.29) is 0 Å². The van der Waals surface area contributed by atoms with E-state index < -0.39 is 47.8 Å². The van der Waals surface area contributed by atoms with Crippen molar-refractivity contribution in [2.45, 2.75) is 17.2 Å². The first-order valence-corrected chi connectivity index (χ1v) is 6.31. The van der Waals surface area contributed by atoms with Crippen LogP contribution in [0, 0.1) is 17.7 Å². The molecule has 0 aliphatic heterocycles.